The first kappa shape index (κ1) is 49.8. The average molecular weight is 923 g/mol. The SMILES string of the molecule is CC(C)c1cccc(C(C)C)c1[N-]Cc1cccc(C[N-]c2c(C(C)C)cccc2C(C)C)n1.CC1=Cc2ccccc2[C@H](Cc2ccccn2)[N-]1.Cc1cc2ccccc2cn1.[Y+3]. The molecule has 4 aromatic carbocycles. The van der Waals surface area contributed by atoms with Crippen LogP contribution in [0.1, 0.15) is 148 Å². The Labute approximate surface area is 409 Å². The van der Waals surface area contributed by atoms with Gasteiger partial charge in [-0.15, -0.1) is 11.4 Å². The predicted molar refractivity (Wildman–Crippen MR) is 268 cm³/mol. The van der Waals surface area contributed by atoms with Crippen LogP contribution in [0.5, 0.6) is 0 Å². The second kappa shape index (κ2) is 24.2. The molecule has 3 aromatic heterocycles. The van der Waals surface area contributed by atoms with Gasteiger partial charge in [-0.1, -0.05) is 212 Å². The minimum Gasteiger partial charge on any atom is -0.681 e. The summed E-state index contributed by atoms with van der Waals surface area (Å²) in [6.45, 7) is 23.1. The molecule has 0 aliphatic carbocycles. The minimum absolute atomic E-state index is 0. The van der Waals surface area contributed by atoms with Crippen LogP contribution in [0.4, 0.5) is 11.4 Å². The number of para-hydroxylation sites is 2. The number of nitrogens with zero attached hydrogens (tertiary/aromatic N) is 6. The summed E-state index contributed by atoms with van der Waals surface area (Å²) in [5, 5.41) is 17.3. The summed E-state index contributed by atoms with van der Waals surface area (Å²) in [7, 11) is 0. The molecule has 0 N–H and O–H groups in total. The van der Waals surface area contributed by atoms with E-state index in [9.17, 15) is 0 Å². The van der Waals surface area contributed by atoms with Gasteiger partial charge in [0.2, 0.25) is 0 Å². The van der Waals surface area contributed by atoms with Gasteiger partial charge in [-0.05, 0) is 78.3 Å². The van der Waals surface area contributed by atoms with Crippen LogP contribution in [-0.2, 0) is 52.2 Å². The van der Waals surface area contributed by atoms with Crippen molar-refractivity contribution in [1.82, 2.24) is 15.0 Å². The number of aryl methyl sites for hydroxylation is 1. The van der Waals surface area contributed by atoms with Crippen molar-refractivity contribution in [3.05, 3.63) is 218 Å². The number of hydrogen-bond acceptors (Lipinski definition) is 3. The normalized spacial score (nSPS) is 12.9. The summed E-state index contributed by atoms with van der Waals surface area (Å²) < 4.78 is 0. The molecule has 8 rings (SSSR count). The fourth-order valence-electron chi connectivity index (χ4n) is 8.00. The first-order valence-corrected chi connectivity index (χ1v) is 22.6. The molecule has 0 saturated carbocycles. The summed E-state index contributed by atoms with van der Waals surface area (Å²) in [5.74, 6) is 1.75. The van der Waals surface area contributed by atoms with Gasteiger partial charge in [0.05, 0.1) is 0 Å². The molecular formula is C57H65N6Y. The molecule has 0 saturated heterocycles. The molecule has 64 heavy (non-hydrogen) atoms. The van der Waals surface area contributed by atoms with E-state index in [2.05, 4.69) is 181 Å². The van der Waals surface area contributed by atoms with Crippen LogP contribution < -0.4 is 0 Å². The summed E-state index contributed by atoms with van der Waals surface area (Å²) >= 11 is 0. The van der Waals surface area contributed by atoms with Crippen molar-refractivity contribution < 1.29 is 32.7 Å². The fraction of sp³-hybridized carbons (Fsp3) is 0.316. The number of allylic oxidation sites excluding steroid dienone is 1. The van der Waals surface area contributed by atoms with Gasteiger partial charge in [-0.3, -0.25) is 15.0 Å². The zero-order chi connectivity index (χ0) is 44.9. The molecule has 7 heteroatoms. The van der Waals surface area contributed by atoms with E-state index in [1.807, 2.05) is 43.6 Å². The zero-order valence-electron chi connectivity index (χ0n) is 39.6. The Balaban J connectivity index is 0.000000211. The van der Waals surface area contributed by atoms with Crippen LogP contribution >= 0.6 is 0 Å². The van der Waals surface area contributed by atoms with Gasteiger partial charge in [0.25, 0.3) is 0 Å². The van der Waals surface area contributed by atoms with Crippen molar-refractivity contribution in [3.63, 3.8) is 0 Å². The first-order chi connectivity index (χ1) is 30.4. The Morgan fingerprint density at radius 1 is 0.531 bits per heavy atom. The predicted octanol–water partition coefficient (Wildman–Crippen LogP) is 16.6. The van der Waals surface area contributed by atoms with Crippen molar-refractivity contribution in [2.24, 2.45) is 0 Å². The van der Waals surface area contributed by atoms with E-state index in [4.69, 9.17) is 20.9 Å². The molecule has 0 spiro atoms. The Kier molecular flexibility index (Phi) is 18.9. The van der Waals surface area contributed by atoms with Crippen LogP contribution in [-0.4, -0.2) is 15.0 Å². The number of fused-ring (bicyclic) bond motifs is 2. The Hall–Kier alpha value is -5.17. The molecule has 0 amide bonds. The van der Waals surface area contributed by atoms with Gasteiger partial charge >= 0.3 is 32.7 Å². The number of benzene rings is 4. The van der Waals surface area contributed by atoms with Crippen molar-refractivity contribution in [1.29, 1.82) is 0 Å². The van der Waals surface area contributed by atoms with Gasteiger partial charge in [-0.25, -0.2) is 0 Å². The van der Waals surface area contributed by atoms with Crippen molar-refractivity contribution in [3.8, 4) is 0 Å². The van der Waals surface area contributed by atoms with Crippen molar-refractivity contribution >= 4 is 28.2 Å². The molecule has 0 unspecified atom stereocenters. The van der Waals surface area contributed by atoms with Crippen LogP contribution in [0.2, 0.25) is 0 Å². The molecule has 4 heterocycles. The van der Waals surface area contributed by atoms with E-state index in [1.54, 1.807) is 0 Å². The van der Waals surface area contributed by atoms with Gasteiger partial charge in [0.1, 0.15) is 0 Å². The summed E-state index contributed by atoms with van der Waals surface area (Å²) in [6.07, 6.45) is 6.75. The van der Waals surface area contributed by atoms with Crippen molar-refractivity contribution in [2.45, 2.75) is 118 Å². The van der Waals surface area contributed by atoms with E-state index in [0.717, 1.165) is 46.3 Å². The Bertz CT molecular complexity index is 2440. The topological polar surface area (TPSA) is 81.0 Å². The van der Waals surface area contributed by atoms with Gasteiger partial charge in [-0.2, -0.15) is 5.70 Å². The minimum atomic E-state index is 0. The largest absolute Gasteiger partial charge is 3.00 e. The van der Waals surface area contributed by atoms with E-state index < -0.39 is 0 Å². The van der Waals surface area contributed by atoms with Crippen LogP contribution in [0.15, 0.2) is 145 Å². The standard InChI is InChI=1S/C31H41N3.C16H15N2.C10H9N.Y/c1-20(2)26-14-10-15-27(21(3)4)30(26)32-18-24-12-9-13-25(34-24)19-33-31-28(22(5)6)16-11-17-29(31)23(7)8;1-12-10-13-6-2-3-8-15(13)16(18-12)11-14-7-4-5-9-17-14;1-8-6-9-4-2-3-5-10(9)7-11-8;/h9-17,20-23H,18-19H2,1-8H3;2-10,16H,11H2,1H3;2-7H,1H3;/q-2;-1;;+3/t;16-;;/m.0../s1. The second-order valence-corrected chi connectivity index (χ2v) is 17.7. The number of aromatic nitrogens is 3. The maximum atomic E-state index is 5.06. The monoisotopic (exact) mass is 922 g/mol. The van der Waals surface area contributed by atoms with Crippen molar-refractivity contribution in [2.75, 3.05) is 0 Å². The summed E-state index contributed by atoms with van der Waals surface area (Å²) in [5.41, 5.74) is 15.3. The van der Waals surface area contributed by atoms with E-state index in [1.165, 1.54) is 44.2 Å². The average Bonchev–Trinajstić information content (AvgIpc) is 3.28. The maximum absolute atomic E-state index is 5.06. The van der Waals surface area contributed by atoms with Gasteiger partial charge in [0, 0.05) is 40.6 Å². The second-order valence-electron chi connectivity index (χ2n) is 17.7. The molecule has 1 aliphatic rings. The maximum Gasteiger partial charge on any atom is 3.00 e. The molecule has 0 bridgehead atoms. The third-order valence-corrected chi connectivity index (χ3v) is 11.3. The Morgan fingerprint density at radius 2 is 1.02 bits per heavy atom. The molecule has 0 fully saturated rings. The van der Waals surface area contributed by atoms with E-state index >= 15 is 0 Å². The van der Waals surface area contributed by atoms with E-state index in [0.29, 0.717) is 36.8 Å². The number of rotatable bonds is 12. The zero-order valence-corrected chi connectivity index (χ0v) is 42.5. The molecule has 6 nitrogen and oxygen atoms in total. The first-order valence-electron chi connectivity index (χ1n) is 22.6. The summed E-state index contributed by atoms with van der Waals surface area (Å²) in [6, 6.07) is 44.4. The van der Waals surface area contributed by atoms with Crippen LogP contribution in [0.3, 0.4) is 0 Å². The van der Waals surface area contributed by atoms with Crippen LogP contribution in [0.25, 0.3) is 32.8 Å². The molecule has 0 radical (unpaired) electrons. The quantitative estimate of drug-likeness (QED) is 0.122. The Morgan fingerprint density at radius 3 is 1.55 bits per heavy atom. The molecule has 1 aliphatic heterocycles. The number of pyridine rings is 3. The third-order valence-electron chi connectivity index (χ3n) is 11.3. The smallest absolute Gasteiger partial charge is 0.681 e. The van der Waals surface area contributed by atoms with Gasteiger partial charge < -0.3 is 16.0 Å². The molecule has 7 aromatic rings. The number of hydrogen-bond donors (Lipinski definition) is 0. The molecular weight excluding hydrogens is 858 g/mol. The summed E-state index contributed by atoms with van der Waals surface area (Å²) in [4.78, 5) is 13.5. The molecule has 1 atom stereocenters. The fourth-order valence-corrected chi connectivity index (χ4v) is 8.00. The van der Waals surface area contributed by atoms with Crippen LogP contribution in [0, 0.1) is 6.92 Å². The van der Waals surface area contributed by atoms with E-state index in [-0.39, 0.29) is 38.8 Å². The van der Waals surface area contributed by atoms with Gasteiger partial charge in [0.15, 0.2) is 0 Å². The molecule has 326 valence electrons. The third kappa shape index (κ3) is 13.7.